The summed E-state index contributed by atoms with van der Waals surface area (Å²) in [7, 11) is 1.67. The van der Waals surface area contributed by atoms with Gasteiger partial charge in [-0.25, -0.2) is 9.97 Å². The van der Waals surface area contributed by atoms with E-state index in [1.807, 2.05) is 36.4 Å². The van der Waals surface area contributed by atoms with Gasteiger partial charge in [0.1, 0.15) is 17.1 Å². The van der Waals surface area contributed by atoms with Gasteiger partial charge in [0.05, 0.1) is 13.2 Å². The van der Waals surface area contributed by atoms with Crippen molar-refractivity contribution in [3.63, 3.8) is 0 Å². The molecule has 0 spiro atoms. The third-order valence-electron chi connectivity index (χ3n) is 4.25. The molecule has 2 aromatic heterocycles. The molecule has 3 aromatic rings. The van der Waals surface area contributed by atoms with Gasteiger partial charge in [-0.15, -0.1) is 0 Å². The van der Waals surface area contributed by atoms with E-state index in [2.05, 4.69) is 9.55 Å². The highest BCUT2D eigenvalue weighted by Crippen LogP contribution is 2.25. The molecule has 0 bridgehead atoms. The molecule has 1 aromatic carbocycles. The molecule has 0 aliphatic carbocycles. The number of nitrogens with zero attached hydrogens (tertiary/aromatic N) is 3. The summed E-state index contributed by atoms with van der Waals surface area (Å²) < 4.78 is 13.2. The molecule has 1 aliphatic heterocycles. The van der Waals surface area contributed by atoms with Crippen molar-refractivity contribution in [2.75, 3.05) is 13.7 Å². The Hall–Kier alpha value is -2.40. The van der Waals surface area contributed by atoms with Crippen LogP contribution in [0.15, 0.2) is 42.6 Å². The van der Waals surface area contributed by atoms with Crippen LogP contribution >= 0.6 is 0 Å². The van der Waals surface area contributed by atoms with Crippen molar-refractivity contribution >= 4 is 11.2 Å². The molecule has 0 saturated carbocycles. The monoisotopic (exact) mass is 309 g/mol. The topological polar surface area (TPSA) is 49.2 Å². The molecule has 3 heterocycles. The molecule has 1 atom stereocenters. The van der Waals surface area contributed by atoms with Crippen molar-refractivity contribution in [2.45, 2.75) is 25.4 Å². The Kier molecular flexibility index (Phi) is 3.71. The third kappa shape index (κ3) is 2.68. The van der Waals surface area contributed by atoms with Crippen LogP contribution in [-0.2, 0) is 11.2 Å². The molecule has 23 heavy (non-hydrogen) atoms. The number of hydrogen-bond donors (Lipinski definition) is 0. The molecule has 0 amide bonds. The van der Waals surface area contributed by atoms with Crippen LogP contribution in [0.5, 0.6) is 5.75 Å². The zero-order valence-electron chi connectivity index (χ0n) is 13.1. The number of ether oxygens (including phenoxy) is 2. The summed E-state index contributed by atoms with van der Waals surface area (Å²) in [6.07, 6.45) is 5.09. The van der Waals surface area contributed by atoms with Crippen molar-refractivity contribution in [3.05, 3.63) is 48.4 Å². The maximum atomic E-state index is 5.79. The standard InChI is InChI=1S/C18H19N3O2/c1-22-14-8-6-13(7-9-14)21-17(12-15-4-3-11-23-15)20-16-5-2-10-19-18(16)21/h2,5-10,15H,3-4,11-12H2,1H3. The fraction of sp³-hybridized carbons (Fsp3) is 0.333. The van der Waals surface area contributed by atoms with Crippen LogP contribution in [0.3, 0.4) is 0 Å². The van der Waals surface area contributed by atoms with Crippen molar-refractivity contribution in [1.82, 2.24) is 14.5 Å². The van der Waals surface area contributed by atoms with E-state index in [1.165, 1.54) is 0 Å². The molecular formula is C18H19N3O2. The first-order valence-corrected chi connectivity index (χ1v) is 7.93. The summed E-state index contributed by atoms with van der Waals surface area (Å²) in [6.45, 7) is 0.853. The van der Waals surface area contributed by atoms with E-state index in [0.717, 1.165) is 54.3 Å². The summed E-state index contributed by atoms with van der Waals surface area (Å²) in [5, 5.41) is 0. The lowest BCUT2D eigenvalue weighted by Crippen LogP contribution is -2.13. The van der Waals surface area contributed by atoms with Crippen LogP contribution < -0.4 is 4.74 Å². The van der Waals surface area contributed by atoms with Crippen LogP contribution in [0.1, 0.15) is 18.7 Å². The smallest absolute Gasteiger partial charge is 0.164 e. The molecule has 4 rings (SSSR count). The predicted molar refractivity (Wildman–Crippen MR) is 88.1 cm³/mol. The number of benzene rings is 1. The number of fused-ring (bicyclic) bond motifs is 1. The number of pyridine rings is 1. The van der Waals surface area contributed by atoms with E-state index in [-0.39, 0.29) is 6.10 Å². The summed E-state index contributed by atoms with van der Waals surface area (Å²) in [5.74, 6) is 1.84. The van der Waals surface area contributed by atoms with Crippen molar-refractivity contribution in [3.8, 4) is 11.4 Å². The Morgan fingerprint density at radius 1 is 1.26 bits per heavy atom. The minimum atomic E-state index is 0.254. The molecule has 5 heteroatoms. The van der Waals surface area contributed by atoms with E-state index >= 15 is 0 Å². The first kappa shape index (κ1) is 14.2. The lowest BCUT2D eigenvalue weighted by Gasteiger charge is -2.12. The fourth-order valence-electron chi connectivity index (χ4n) is 3.11. The second-order valence-electron chi connectivity index (χ2n) is 5.75. The van der Waals surface area contributed by atoms with E-state index in [4.69, 9.17) is 14.5 Å². The van der Waals surface area contributed by atoms with Crippen molar-refractivity contribution in [2.24, 2.45) is 0 Å². The first-order chi connectivity index (χ1) is 11.3. The summed E-state index contributed by atoms with van der Waals surface area (Å²) >= 11 is 0. The molecule has 1 unspecified atom stereocenters. The second kappa shape index (κ2) is 6.01. The van der Waals surface area contributed by atoms with E-state index < -0.39 is 0 Å². The quantitative estimate of drug-likeness (QED) is 0.743. The van der Waals surface area contributed by atoms with E-state index in [1.54, 1.807) is 13.3 Å². The molecule has 1 saturated heterocycles. The number of imidazole rings is 1. The van der Waals surface area contributed by atoms with Gasteiger partial charge in [0.2, 0.25) is 0 Å². The van der Waals surface area contributed by atoms with Gasteiger partial charge in [-0.1, -0.05) is 0 Å². The van der Waals surface area contributed by atoms with Crippen LogP contribution in [0.4, 0.5) is 0 Å². The fourth-order valence-corrected chi connectivity index (χ4v) is 3.11. The number of aromatic nitrogens is 3. The summed E-state index contributed by atoms with van der Waals surface area (Å²) in [4.78, 5) is 9.31. The molecule has 1 fully saturated rings. The number of hydrogen-bond acceptors (Lipinski definition) is 4. The molecular weight excluding hydrogens is 290 g/mol. The van der Waals surface area contributed by atoms with Gasteiger partial charge in [0.15, 0.2) is 5.65 Å². The number of rotatable bonds is 4. The van der Waals surface area contributed by atoms with Crippen LogP contribution in [0, 0.1) is 0 Å². The zero-order valence-corrected chi connectivity index (χ0v) is 13.1. The molecule has 0 radical (unpaired) electrons. The van der Waals surface area contributed by atoms with Crippen molar-refractivity contribution in [1.29, 1.82) is 0 Å². The Labute approximate surface area is 134 Å². The molecule has 5 nitrogen and oxygen atoms in total. The van der Waals surface area contributed by atoms with Crippen LogP contribution in [0.2, 0.25) is 0 Å². The summed E-state index contributed by atoms with van der Waals surface area (Å²) in [5.41, 5.74) is 2.84. The van der Waals surface area contributed by atoms with Crippen LogP contribution in [0.25, 0.3) is 16.9 Å². The van der Waals surface area contributed by atoms with Gasteiger partial charge in [-0.2, -0.15) is 0 Å². The highest BCUT2D eigenvalue weighted by molar-refractivity contribution is 5.73. The lowest BCUT2D eigenvalue weighted by molar-refractivity contribution is 0.109. The van der Waals surface area contributed by atoms with Crippen molar-refractivity contribution < 1.29 is 9.47 Å². The molecule has 0 N–H and O–H groups in total. The average molecular weight is 309 g/mol. The third-order valence-corrected chi connectivity index (χ3v) is 4.25. The van der Waals surface area contributed by atoms with E-state index in [0.29, 0.717) is 0 Å². The Balaban J connectivity index is 1.80. The van der Waals surface area contributed by atoms with Gasteiger partial charge < -0.3 is 9.47 Å². The first-order valence-electron chi connectivity index (χ1n) is 7.93. The van der Waals surface area contributed by atoms with Crippen LogP contribution in [-0.4, -0.2) is 34.4 Å². The minimum absolute atomic E-state index is 0.254. The lowest BCUT2D eigenvalue weighted by atomic mass is 10.1. The molecule has 118 valence electrons. The second-order valence-corrected chi connectivity index (χ2v) is 5.75. The highest BCUT2D eigenvalue weighted by atomic mass is 16.5. The Morgan fingerprint density at radius 2 is 2.13 bits per heavy atom. The maximum Gasteiger partial charge on any atom is 0.164 e. The largest absolute Gasteiger partial charge is 0.497 e. The van der Waals surface area contributed by atoms with Gasteiger partial charge in [-0.05, 0) is 49.2 Å². The number of methoxy groups -OCH3 is 1. The minimum Gasteiger partial charge on any atom is -0.497 e. The normalized spacial score (nSPS) is 17.7. The summed E-state index contributed by atoms with van der Waals surface area (Å²) in [6, 6.07) is 11.9. The SMILES string of the molecule is COc1ccc(-n2c(CC3CCCO3)nc3cccnc32)cc1. The Morgan fingerprint density at radius 3 is 2.87 bits per heavy atom. The zero-order chi connectivity index (χ0) is 15.6. The predicted octanol–water partition coefficient (Wildman–Crippen LogP) is 3.15. The van der Waals surface area contributed by atoms with E-state index in [9.17, 15) is 0 Å². The maximum absolute atomic E-state index is 5.79. The van der Waals surface area contributed by atoms with Gasteiger partial charge in [0.25, 0.3) is 0 Å². The Bertz CT molecular complexity index is 805. The van der Waals surface area contributed by atoms with Gasteiger partial charge >= 0.3 is 0 Å². The van der Waals surface area contributed by atoms with Gasteiger partial charge in [0, 0.05) is 24.9 Å². The average Bonchev–Trinajstić information content (AvgIpc) is 3.22. The van der Waals surface area contributed by atoms with Gasteiger partial charge in [-0.3, -0.25) is 4.57 Å². The molecule has 1 aliphatic rings. The highest BCUT2D eigenvalue weighted by Gasteiger charge is 2.21.